The molecule has 1 aliphatic rings. The fourth-order valence-electron chi connectivity index (χ4n) is 1.09. The second kappa shape index (κ2) is 5.31. The van der Waals surface area contributed by atoms with Crippen molar-refractivity contribution in [2.24, 2.45) is 5.73 Å². The van der Waals surface area contributed by atoms with Crippen molar-refractivity contribution in [3.8, 4) is 0 Å². The number of nitrogens with zero attached hydrogens (tertiary/aromatic N) is 1. The van der Waals surface area contributed by atoms with Crippen LogP contribution >= 0.6 is 0 Å². The van der Waals surface area contributed by atoms with Gasteiger partial charge in [0.25, 0.3) is 0 Å². The zero-order chi connectivity index (χ0) is 8.43. The van der Waals surface area contributed by atoms with Crippen LogP contribution < -0.4 is 5.73 Å². The third kappa shape index (κ3) is 3.50. The van der Waals surface area contributed by atoms with Crippen molar-refractivity contribution >= 4 is 63.2 Å². The molecule has 0 radical (unpaired) electrons. The van der Waals surface area contributed by atoms with Crippen molar-refractivity contribution in [2.45, 2.75) is 12.5 Å². The van der Waals surface area contributed by atoms with Crippen molar-refractivity contribution in [2.75, 3.05) is 13.1 Å². The number of carbonyl (C=O) groups excluding carboxylic acids is 2. The minimum absolute atomic E-state index is 0. The fraction of sp³-hybridized carbons (Fsp3) is 0.667. The van der Waals surface area contributed by atoms with E-state index in [2.05, 4.69) is 0 Å². The summed E-state index contributed by atoms with van der Waals surface area (Å²) in [6, 6.07) is 0. The summed E-state index contributed by atoms with van der Waals surface area (Å²) in [5.74, 6) is -0.760. The Labute approximate surface area is 113 Å². The van der Waals surface area contributed by atoms with E-state index in [9.17, 15) is 9.59 Å². The summed E-state index contributed by atoms with van der Waals surface area (Å²) in [6.07, 6.45) is -0.533. The number of hydrogen-bond donors (Lipinski definition) is 2. The number of aliphatic hydroxyl groups is 1. The van der Waals surface area contributed by atoms with Crippen LogP contribution in [0.1, 0.15) is 6.42 Å². The first-order chi connectivity index (χ1) is 5.09. The number of carbonyl (C=O) groups is 2. The summed E-state index contributed by atoms with van der Waals surface area (Å²) in [7, 11) is 0. The monoisotopic (exact) mass is 198 g/mol. The number of rotatable bonds is 2. The molecule has 1 rings (SSSR count). The maximum atomic E-state index is 10.9. The van der Waals surface area contributed by atoms with Crippen LogP contribution in [0.5, 0.6) is 0 Å². The van der Waals surface area contributed by atoms with Crippen LogP contribution in [-0.4, -0.2) is 92.4 Å². The molecule has 1 fully saturated rings. The predicted molar refractivity (Wildman–Crippen MR) is 43.5 cm³/mol. The second-order valence-electron chi connectivity index (χ2n) is 2.60. The molecule has 1 heterocycles. The molecule has 12 heavy (non-hydrogen) atoms. The van der Waals surface area contributed by atoms with Gasteiger partial charge in [0, 0.05) is 6.54 Å². The summed E-state index contributed by atoms with van der Waals surface area (Å²) in [6.45, 7) is 0.137. The number of aliphatic hydroxyl groups excluding tert-OH is 1. The van der Waals surface area contributed by atoms with Crippen LogP contribution in [0.4, 0.5) is 0 Å². The number of amides is 2. The van der Waals surface area contributed by atoms with Gasteiger partial charge in [-0.05, 0) is 0 Å². The average molecular weight is 198 g/mol. The predicted octanol–water partition coefficient (Wildman–Crippen LogP) is -2.58. The Morgan fingerprint density at radius 1 is 1.75 bits per heavy atom. The second-order valence-corrected chi connectivity index (χ2v) is 2.60. The molecule has 0 aromatic rings. The normalized spacial score (nSPS) is 22.2. The zero-order valence-corrected chi connectivity index (χ0v) is 5.99. The Morgan fingerprint density at radius 2 is 2.33 bits per heavy atom. The minimum atomic E-state index is -0.637. The summed E-state index contributed by atoms with van der Waals surface area (Å²) >= 11 is 0. The van der Waals surface area contributed by atoms with Gasteiger partial charge < -0.3 is 15.7 Å². The molecule has 0 aliphatic carbocycles. The van der Waals surface area contributed by atoms with E-state index in [0.29, 0.717) is 0 Å². The van der Waals surface area contributed by atoms with Crippen LogP contribution in [0.3, 0.4) is 0 Å². The van der Waals surface area contributed by atoms with Gasteiger partial charge in [0.2, 0.25) is 11.8 Å². The number of β-amino-alcohol motifs (C(OH)–C–C–N with tert-alkyl or cyclic N) is 1. The van der Waals surface area contributed by atoms with Gasteiger partial charge in [0.05, 0.1) is 19.1 Å². The van der Waals surface area contributed by atoms with E-state index in [1.807, 2.05) is 0 Å². The van der Waals surface area contributed by atoms with Gasteiger partial charge in [-0.25, -0.2) is 0 Å². The summed E-state index contributed by atoms with van der Waals surface area (Å²) in [5.41, 5.74) is 4.87. The third-order valence-electron chi connectivity index (χ3n) is 1.54. The molecule has 6 heteroatoms. The van der Waals surface area contributed by atoms with E-state index >= 15 is 0 Å². The van der Waals surface area contributed by atoms with E-state index in [1.54, 1.807) is 0 Å². The van der Waals surface area contributed by atoms with Gasteiger partial charge in [0.1, 0.15) is 0 Å². The number of likely N-dealkylation sites (tertiary alicyclic amines) is 1. The molecule has 0 bridgehead atoms. The van der Waals surface area contributed by atoms with Gasteiger partial charge in [-0.2, -0.15) is 0 Å². The summed E-state index contributed by atoms with van der Waals surface area (Å²) < 4.78 is 0. The SMILES string of the molecule is NC(=O)CN1CC(O)CC1=O.[KH]. The molecule has 2 amide bonds. The Hall–Kier alpha value is 0.536. The van der Waals surface area contributed by atoms with Crippen LogP contribution in [0.15, 0.2) is 0 Å². The van der Waals surface area contributed by atoms with E-state index in [1.165, 1.54) is 4.90 Å². The first kappa shape index (κ1) is 12.5. The van der Waals surface area contributed by atoms with Gasteiger partial charge in [-0.3, -0.25) is 9.59 Å². The molecular formula is C6H11KN2O3. The Morgan fingerprint density at radius 3 is 2.67 bits per heavy atom. The van der Waals surface area contributed by atoms with Crippen molar-refractivity contribution in [1.29, 1.82) is 0 Å². The zero-order valence-electron chi connectivity index (χ0n) is 5.99. The van der Waals surface area contributed by atoms with Crippen molar-refractivity contribution < 1.29 is 14.7 Å². The molecule has 0 aromatic carbocycles. The van der Waals surface area contributed by atoms with Gasteiger partial charge >= 0.3 is 51.4 Å². The molecule has 64 valence electrons. The van der Waals surface area contributed by atoms with Crippen molar-refractivity contribution in [3.63, 3.8) is 0 Å². The Balaban J connectivity index is 0.00000121. The maximum absolute atomic E-state index is 10.9. The molecule has 0 saturated carbocycles. The van der Waals surface area contributed by atoms with E-state index in [0.717, 1.165) is 0 Å². The number of primary amides is 1. The molecular weight excluding hydrogens is 187 g/mol. The van der Waals surface area contributed by atoms with E-state index in [-0.39, 0.29) is 76.8 Å². The molecule has 0 aromatic heterocycles. The van der Waals surface area contributed by atoms with Gasteiger partial charge in [-0.15, -0.1) is 0 Å². The molecule has 0 spiro atoms. The number of hydrogen-bond acceptors (Lipinski definition) is 3. The quantitative estimate of drug-likeness (QED) is 0.478. The standard InChI is InChI=1S/C6H10N2O3.K.H/c7-5(10)3-8-2-4(9)1-6(8)11;;/h4,9H,1-3H2,(H2,7,10);;. The summed E-state index contributed by atoms with van der Waals surface area (Å²) in [5, 5.41) is 8.97. The van der Waals surface area contributed by atoms with E-state index in [4.69, 9.17) is 10.8 Å². The third-order valence-corrected chi connectivity index (χ3v) is 1.54. The molecule has 1 atom stereocenters. The van der Waals surface area contributed by atoms with Gasteiger partial charge in [0.15, 0.2) is 0 Å². The average Bonchev–Trinajstić information content (AvgIpc) is 2.09. The first-order valence-electron chi connectivity index (χ1n) is 3.33. The van der Waals surface area contributed by atoms with Gasteiger partial charge in [-0.1, -0.05) is 0 Å². The topological polar surface area (TPSA) is 83.6 Å². The van der Waals surface area contributed by atoms with Crippen LogP contribution in [0.25, 0.3) is 0 Å². The number of nitrogens with two attached hydrogens (primary N) is 1. The molecule has 1 aliphatic heterocycles. The molecule has 1 saturated heterocycles. The summed E-state index contributed by atoms with van der Waals surface area (Å²) in [4.78, 5) is 22.5. The van der Waals surface area contributed by atoms with Crippen LogP contribution in [0, 0.1) is 0 Å². The van der Waals surface area contributed by atoms with Crippen LogP contribution in [-0.2, 0) is 9.59 Å². The Bertz CT molecular complexity index is 197. The fourth-order valence-corrected chi connectivity index (χ4v) is 1.09. The van der Waals surface area contributed by atoms with Crippen LogP contribution in [0.2, 0.25) is 0 Å². The molecule has 1 unspecified atom stereocenters. The molecule has 5 nitrogen and oxygen atoms in total. The Kier molecular flexibility index (Phi) is 5.54. The van der Waals surface area contributed by atoms with E-state index < -0.39 is 12.0 Å². The first-order valence-corrected chi connectivity index (χ1v) is 3.33. The van der Waals surface area contributed by atoms with Crippen molar-refractivity contribution in [3.05, 3.63) is 0 Å². The molecule has 3 N–H and O–H groups in total. The van der Waals surface area contributed by atoms with Crippen molar-refractivity contribution in [1.82, 2.24) is 4.90 Å².